The zero-order valence-electron chi connectivity index (χ0n) is 8.99. The second kappa shape index (κ2) is 4.10. The van der Waals surface area contributed by atoms with Crippen LogP contribution >= 0.6 is 23.2 Å². The average Bonchev–Trinajstić information content (AvgIpc) is 2.91. The Balaban J connectivity index is 1.72. The molecule has 1 amide bonds. The predicted octanol–water partition coefficient (Wildman–Crippen LogP) is 2.77. The molecule has 0 spiro atoms. The number of carbonyl (C=O) groups is 1. The molecule has 90 valence electrons. The smallest absolute Gasteiger partial charge is 0.227 e. The van der Waals surface area contributed by atoms with Gasteiger partial charge >= 0.3 is 0 Å². The molecule has 2 saturated carbocycles. The molecule has 0 aromatic carbocycles. The van der Waals surface area contributed by atoms with Crippen LogP contribution in [0.15, 0.2) is 6.33 Å². The summed E-state index contributed by atoms with van der Waals surface area (Å²) in [5.74, 6) is 1.61. The van der Waals surface area contributed by atoms with Crippen molar-refractivity contribution >= 4 is 34.8 Å². The molecule has 6 heteroatoms. The Kier molecular flexibility index (Phi) is 2.71. The minimum Gasteiger partial charge on any atom is -0.321 e. The summed E-state index contributed by atoms with van der Waals surface area (Å²) in [5.41, 5.74) is 0.321. The molecule has 2 aliphatic carbocycles. The van der Waals surface area contributed by atoms with Gasteiger partial charge < -0.3 is 5.32 Å². The van der Waals surface area contributed by atoms with E-state index in [0.717, 1.165) is 24.7 Å². The first-order valence-electron chi connectivity index (χ1n) is 5.62. The Bertz CT molecular complexity index is 450. The van der Waals surface area contributed by atoms with Gasteiger partial charge in [0.15, 0.2) is 10.3 Å². The van der Waals surface area contributed by atoms with E-state index >= 15 is 0 Å². The number of fused-ring (bicyclic) bond motifs is 1. The van der Waals surface area contributed by atoms with Crippen molar-refractivity contribution in [2.75, 3.05) is 5.32 Å². The Hall–Kier alpha value is -0.870. The van der Waals surface area contributed by atoms with Gasteiger partial charge in [0.05, 0.1) is 0 Å². The van der Waals surface area contributed by atoms with E-state index in [1.165, 1.54) is 12.7 Å². The Morgan fingerprint density at radius 1 is 1.18 bits per heavy atom. The lowest BCUT2D eigenvalue weighted by molar-refractivity contribution is -0.120. The van der Waals surface area contributed by atoms with Gasteiger partial charge in [-0.25, -0.2) is 9.97 Å². The lowest BCUT2D eigenvalue weighted by Crippen LogP contribution is -2.22. The van der Waals surface area contributed by atoms with Crippen molar-refractivity contribution in [3.8, 4) is 0 Å². The summed E-state index contributed by atoms with van der Waals surface area (Å²) < 4.78 is 0. The highest BCUT2D eigenvalue weighted by molar-refractivity contribution is 6.38. The monoisotopic (exact) mass is 271 g/mol. The molecular weight excluding hydrogens is 261 g/mol. The Labute approximate surface area is 109 Å². The number of halogens is 2. The quantitative estimate of drug-likeness (QED) is 0.842. The van der Waals surface area contributed by atoms with Gasteiger partial charge in [-0.3, -0.25) is 4.79 Å². The Morgan fingerprint density at radius 2 is 1.76 bits per heavy atom. The number of nitrogens with zero attached hydrogens (tertiary/aromatic N) is 2. The van der Waals surface area contributed by atoms with Crippen LogP contribution in [0.1, 0.15) is 19.3 Å². The van der Waals surface area contributed by atoms with E-state index in [-0.39, 0.29) is 22.1 Å². The summed E-state index contributed by atoms with van der Waals surface area (Å²) in [4.78, 5) is 19.6. The Morgan fingerprint density at radius 3 is 2.35 bits per heavy atom. The van der Waals surface area contributed by atoms with Crippen molar-refractivity contribution in [2.24, 2.45) is 17.8 Å². The topological polar surface area (TPSA) is 54.9 Å². The summed E-state index contributed by atoms with van der Waals surface area (Å²) >= 11 is 11.7. The first kappa shape index (κ1) is 11.2. The van der Waals surface area contributed by atoms with Crippen LogP contribution in [0, 0.1) is 17.8 Å². The van der Waals surface area contributed by atoms with E-state index in [4.69, 9.17) is 23.2 Å². The number of hydrogen-bond acceptors (Lipinski definition) is 3. The molecular formula is C11H11Cl2N3O. The minimum atomic E-state index is -0.0178. The molecule has 4 nitrogen and oxygen atoms in total. The number of hydrogen-bond donors (Lipinski definition) is 1. The predicted molar refractivity (Wildman–Crippen MR) is 65.0 cm³/mol. The maximum Gasteiger partial charge on any atom is 0.227 e. The van der Waals surface area contributed by atoms with Crippen molar-refractivity contribution in [3.63, 3.8) is 0 Å². The lowest BCUT2D eigenvalue weighted by Gasteiger charge is -2.13. The maximum atomic E-state index is 12.0. The van der Waals surface area contributed by atoms with Gasteiger partial charge in [-0.05, 0) is 31.1 Å². The molecule has 1 heterocycles. The van der Waals surface area contributed by atoms with E-state index < -0.39 is 0 Å². The van der Waals surface area contributed by atoms with Crippen LogP contribution in [-0.2, 0) is 4.79 Å². The van der Waals surface area contributed by atoms with E-state index in [9.17, 15) is 4.79 Å². The molecule has 3 rings (SSSR count). The van der Waals surface area contributed by atoms with Crippen LogP contribution in [0.4, 0.5) is 5.69 Å². The van der Waals surface area contributed by atoms with Crippen molar-refractivity contribution in [1.82, 2.24) is 9.97 Å². The van der Waals surface area contributed by atoms with E-state index in [1.54, 1.807) is 0 Å². The van der Waals surface area contributed by atoms with Crippen molar-refractivity contribution < 1.29 is 4.79 Å². The molecule has 1 aromatic rings. The number of anilines is 1. The molecule has 0 radical (unpaired) electrons. The first-order valence-corrected chi connectivity index (χ1v) is 6.37. The summed E-state index contributed by atoms with van der Waals surface area (Å²) in [6, 6.07) is 0. The van der Waals surface area contributed by atoms with Crippen LogP contribution in [0.3, 0.4) is 0 Å². The summed E-state index contributed by atoms with van der Waals surface area (Å²) in [6.07, 6.45) is 4.53. The van der Waals surface area contributed by atoms with Crippen LogP contribution in [-0.4, -0.2) is 15.9 Å². The molecule has 0 aliphatic heterocycles. The highest BCUT2D eigenvalue weighted by Crippen LogP contribution is 2.54. The van der Waals surface area contributed by atoms with E-state index in [0.29, 0.717) is 5.69 Å². The fraction of sp³-hybridized carbons (Fsp3) is 0.545. The maximum absolute atomic E-state index is 12.0. The molecule has 17 heavy (non-hydrogen) atoms. The standard InChI is InChI=1S/C11H11Cl2N3O/c12-9-8(10(13)15-4-14-9)16-11(17)7-2-5-1-6(5)3-7/h4-7H,1-3H2,(H,16,17). The molecule has 2 unspecified atom stereocenters. The normalized spacial score (nSPS) is 29.9. The first-order chi connectivity index (χ1) is 8.15. The third-order valence-corrected chi connectivity index (χ3v) is 4.19. The summed E-state index contributed by atoms with van der Waals surface area (Å²) in [6.45, 7) is 0. The summed E-state index contributed by atoms with van der Waals surface area (Å²) in [7, 11) is 0. The lowest BCUT2D eigenvalue weighted by atomic mass is 10.0. The third kappa shape index (κ3) is 2.11. The van der Waals surface area contributed by atoms with Gasteiger partial charge in [-0.1, -0.05) is 23.2 Å². The fourth-order valence-corrected chi connectivity index (χ4v) is 3.01. The van der Waals surface area contributed by atoms with Crippen LogP contribution in [0.2, 0.25) is 10.3 Å². The van der Waals surface area contributed by atoms with Gasteiger partial charge in [0.25, 0.3) is 0 Å². The SMILES string of the molecule is O=C(Nc1c(Cl)ncnc1Cl)C1CC2CC2C1. The second-order valence-electron chi connectivity index (χ2n) is 4.74. The van der Waals surface area contributed by atoms with Crippen LogP contribution in [0.5, 0.6) is 0 Å². The number of carbonyl (C=O) groups excluding carboxylic acids is 1. The van der Waals surface area contributed by atoms with Gasteiger partial charge in [-0.2, -0.15) is 0 Å². The second-order valence-corrected chi connectivity index (χ2v) is 5.46. The number of aromatic nitrogens is 2. The molecule has 1 N–H and O–H groups in total. The summed E-state index contributed by atoms with van der Waals surface area (Å²) in [5, 5.41) is 3.10. The van der Waals surface area contributed by atoms with Gasteiger partial charge in [-0.15, -0.1) is 0 Å². The minimum absolute atomic E-state index is 0.0178. The van der Waals surface area contributed by atoms with Crippen LogP contribution in [0.25, 0.3) is 0 Å². The van der Waals surface area contributed by atoms with Crippen LogP contribution < -0.4 is 5.32 Å². The van der Waals surface area contributed by atoms with Gasteiger partial charge in [0.1, 0.15) is 12.0 Å². The largest absolute Gasteiger partial charge is 0.321 e. The van der Waals surface area contributed by atoms with E-state index in [1.807, 2.05) is 0 Å². The highest BCUT2D eigenvalue weighted by atomic mass is 35.5. The highest BCUT2D eigenvalue weighted by Gasteiger charge is 2.48. The zero-order chi connectivity index (χ0) is 12.0. The average molecular weight is 272 g/mol. The number of rotatable bonds is 2. The third-order valence-electron chi connectivity index (χ3n) is 3.62. The molecule has 0 saturated heterocycles. The number of nitrogens with one attached hydrogen (secondary N) is 1. The molecule has 2 aliphatic rings. The molecule has 2 atom stereocenters. The molecule has 2 fully saturated rings. The van der Waals surface area contributed by atoms with Gasteiger partial charge in [0.2, 0.25) is 5.91 Å². The zero-order valence-corrected chi connectivity index (χ0v) is 10.5. The number of amides is 1. The van der Waals surface area contributed by atoms with Gasteiger partial charge in [0, 0.05) is 5.92 Å². The van der Waals surface area contributed by atoms with E-state index in [2.05, 4.69) is 15.3 Å². The van der Waals surface area contributed by atoms with Crippen molar-refractivity contribution in [2.45, 2.75) is 19.3 Å². The van der Waals surface area contributed by atoms with Crippen molar-refractivity contribution in [1.29, 1.82) is 0 Å². The molecule has 0 bridgehead atoms. The van der Waals surface area contributed by atoms with Crippen molar-refractivity contribution in [3.05, 3.63) is 16.6 Å². The molecule has 1 aromatic heterocycles. The fourth-order valence-electron chi connectivity index (χ4n) is 2.60.